The number of rotatable bonds is 8. The van der Waals surface area contributed by atoms with Crippen LogP contribution in [0.2, 0.25) is 0 Å². The van der Waals surface area contributed by atoms with Gasteiger partial charge in [-0.3, -0.25) is 0 Å². The number of aromatic nitrogens is 2. The number of hydrogen-bond acceptors (Lipinski definition) is 6. The van der Waals surface area contributed by atoms with E-state index in [-0.39, 0.29) is 5.97 Å². The van der Waals surface area contributed by atoms with Crippen LogP contribution < -0.4 is 5.32 Å². The van der Waals surface area contributed by atoms with Crippen LogP contribution in [0.1, 0.15) is 39.1 Å². The summed E-state index contributed by atoms with van der Waals surface area (Å²) in [5.41, 5.74) is 3.28. The number of carbonyl (C=O) groups excluding carboxylic acids is 1. The van der Waals surface area contributed by atoms with Crippen LogP contribution in [0.15, 0.2) is 60.7 Å². The first-order valence-corrected chi connectivity index (χ1v) is 11.3. The molecule has 0 radical (unpaired) electrons. The Morgan fingerprint density at radius 3 is 2.35 bits per heavy atom. The highest BCUT2D eigenvalue weighted by atomic mass is 32.1. The summed E-state index contributed by atoms with van der Waals surface area (Å²) in [5, 5.41) is 4.39. The summed E-state index contributed by atoms with van der Waals surface area (Å²) in [5.74, 6) is 1.21. The molecule has 158 valence electrons. The minimum atomic E-state index is -0.303. The quantitative estimate of drug-likeness (QED) is 0.377. The maximum atomic E-state index is 12.4. The van der Waals surface area contributed by atoms with E-state index in [0.717, 1.165) is 46.0 Å². The smallest absolute Gasteiger partial charge is 0.348 e. The van der Waals surface area contributed by atoms with Crippen molar-refractivity contribution in [1.29, 1.82) is 0 Å². The van der Waals surface area contributed by atoms with Gasteiger partial charge in [0, 0.05) is 13.0 Å². The Hall–Kier alpha value is -3.25. The van der Waals surface area contributed by atoms with Crippen LogP contribution in [0.25, 0.3) is 10.2 Å². The third-order valence-corrected chi connectivity index (χ3v) is 6.22. The molecule has 2 heterocycles. The molecule has 0 spiro atoms. The molecule has 0 amide bonds. The molecule has 5 nitrogen and oxygen atoms in total. The lowest BCUT2D eigenvalue weighted by atomic mass is 10.1. The monoisotopic (exact) mass is 431 g/mol. The fourth-order valence-corrected chi connectivity index (χ4v) is 4.62. The van der Waals surface area contributed by atoms with Gasteiger partial charge in [0.1, 0.15) is 21.3 Å². The van der Waals surface area contributed by atoms with Gasteiger partial charge in [-0.1, -0.05) is 60.7 Å². The maximum Gasteiger partial charge on any atom is 0.348 e. The number of nitrogens with zero attached hydrogens (tertiary/aromatic N) is 2. The Kier molecular flexibility index (Phi) is 6.57. The van der Waals surface area contributed by atoms with Gasteiger partial charge in [0.05, 0.1) is 12.0 Å². The molecule has 0 atom stereocenters. The maximum absolute atomic E-state index is 12.4. The molecule has 31 heavy (non-hydrogen) atoms. The van der Waals surface area contributed by atoms with E-state index >= 15 is 0 Å². The molecule has 0 fully saturated rings. The average molecular weight is 432 g/mol. The molecule has 0 saturated heterocycles. The summed E-state index contributed by atoms with van der Waals surface area (Å²) < 4.78 is 5.25. The summed E-state index contributed by atoms with van der Waals surface area (Å²) in [7, 11) is 0. The highest BCUT2D eigenvalue weighted by Crippen LogP contribution is 2.34. The SMILES string of the molecule is CCOC(=O)c1sc2nc(Cc3ccccc3)nc(NCCc3ccccc3)c2c1C. The minimum Gasteiger partial charge on any atom is -0.462 e. The van der Waals surface area contributed by atoms with E-state index in [2.05, 4.69) is 29.6 Å². The van der Waals surface area contributed by atoms with Crippen molar-refractivity contribution in [2.24, 2.45) is 0 Å². The Bertz CT molecular complexity index is 1170. The van der Waals surface area contributed by atoms with Crippen molar-refractivity contribution < 1.29 is 9.53 Å². The lowest BCUT2D eigenvalue weighted by Gasteiger charge is -2.10. The van der Waals surface area contributed by atoms with Crippen molar-refractivity contribution in [2.45, 2.75) is 26.7 Å². The summed E-state index contributed by atoms with van der Waals surface area (Å²) >= 11 is 1.38. The number of benzene rings is 2. The molecular formula is C25H25N3O2S. The van der Waals surface area contributed by atoms with Crippen molar-refractivity contribution in [3.05, 3.63) is 88.1 Å². The molecule has 2 aromatic heterocycles. The van der Waals surface area contributed by atoms with E-state index in [4.69, 9.17) is 14.7 Å². The average Bonchev–Trinajstić information content (AvgIpc) is 3.12. The normalized spacial score (nSPS) is 10.9. The summed E-state index contributed by atoms with van der Waals surface area (Å²) in [6, 6.07) is 20.5. The highest BCUT2D eigenvalue weighted by Gasteiger charge is 2.21. The lowest BCUT2D eigenvalue weighted by Crippen LogP contribution is -2.09. The molecule has 0 aliphatic carbocycles. The Morgan fingerprint density at radius 1 is 1.00 bits per heavy atom. The highest BCUT2D eigenvalue weighted by molar-refractivity contribution is 7.20. The molecule has 0 aliphatic heterocycles. The van der Waals surface area contributed by atoms with Crippen molar-refractivity contribution in [3.8, 4) is 0 Å². The Balaban J connectivity index is 1.68. The van der Waals surface area contributed by atoms with E-state index in [1.807, 2.05) is 50.2 Å². The lowest BCUT2D eigenvalue weighted by molar-refractivity contribution is 0.0531. The molecule has 1 N–H and O–H groups in total. The number of carbonyl (C=O) groups is 1. The van der Waals surface area contributed by atoms with Crippen LogP contribution in [-0.4, -0.2) is 29.1 Å². The third kappa shape index (κ3) is 4.91. The van der Waals surface area contributed by atoms with Crippen molar-refractivity contribution in [1.82, 2.24) is 9.97 Å². The van der Waals surface area contributed by atoms with Crippen LogP contribution in [-0.2, 0) is 17.6 Å². The predicted octanol–water partition coefficient (Wildman–Crippen LogP) is 5.42. The van der Waals surface area contributed by atoms with Gasteiger partial charge in [-0.25, -0.2) is 14.8 Å². The van der Waals surface area contributed by atoms with Crippen molar-refractivity contribution in [2.75, 3.05) is 18.5 Å². The molecule has 2 aromatic carbocycles. The predicted molar refractivity (Wildman–Crippen MR) is 126 cm³/mol. The van der Waals surface area contributed by atoms with Crippen molar-refractivity contribution in [3.63, 3.8) is 0 Å². The molecular weight excluding hydrogens is 406 g/mol. The first-order valence-electron chi connectivity index (χ1n) is 10.4. The molecule has 0 aliphatic rings. The fraction of sp³-hybridized carbons (Fsp3) is 0.240. The molecule has 0 bridgehead atoms. The molecule has 4 rings (SSSR count). The van der Waals surface area contributed by atoms with Gasteiger partial charge in [-0.15, -0.1) is 11.3 Å². The number of aryl methyl sites for hydroxylation is 1. The van der Waals surface area contributed by atoms with E-state index < -0.39 is 0 Å². The van der Waals surface area contributed by atoms with Gasteiger partial charge >= 0.3 is 5.97 Å². The third-order valence-electron chi connectivity index (χ3n) is 5.05. The van der Waals surface area contributed by atoms with E-state index in [1.165, 1.54) is 16.9 Å². The van der Waals surface area contributed by atoms with Crippen LogP contribution in [0.5, 0.6) is 0 Å². The molecule has 6 heteroatoms. The number of nitrogens with one attached hydrogen (secondary N) is 1. The summed E-state index contributed by atoms with van der Waals surface area (Å²) in [6.45, 7) is 4.84. The van der Waals surface area contributed by atoms with E-state index in [1.54, 1.807) is 0 Å². The number of esters is 1. The Morgan fingerprint density at radius 2 is 1.68 bits per heavy atom. The number of anilines is 1. The van der Waals surface area contributed by atoms with Crippen LogP contribution in [0.3, 0.4) is 0 Å². The van der Waals surface area contributed by atoms with Crippen LogP contribution in [0.4, 0.5) is 5.82 Å². The number of hydrogen-bond donors (Lipinski definition) is 1. The zero-order valence-electron chi connectivity index (χ0n) is 17.7. The molecule has 0 saturated carbocycles. The van der Waals surface area contributed by atoms with Crippen LogP contribution in [0, 0.1) is 6.92 Å². The largest absolute Gasteiger partial charge is 0.462 e. The number of fused-ring (bicyclic) bond motifs is 1. The summed E-state index contributed by atoms with van der Waals surface area (Å²) in [6.07, 6.45) is 1.52. The zero-order valence-corrected chi connectivity index (χ0v) is 18.5. The topological polar surface area (TPSA) is 64.1 Å². The van der Waals surface area contributed by atoms with Crippen LogP contribution >= 0.6 is 11.3 Å². The number of ether oxygens (including phenoxy) is 1. The van der Waals surface area contributed by atoms with Gasteiger partial charge in [-0.2, -0.15) is 0 Å². The van der Waals surface area contributed by atoms with Gasteiger partial charge in [0.15, 0.2) is 0 Å². The second-order valence-corrected chi connectivity index (χ2v) is 8.27. The zero-order chi connectivity index (χ0) is 21.6. The second kappa shape index (κ2) is 9.71. The van der Waals surface area contributed by atoms with Crippen molar-refractivity contribution >= 4 is 33.3 Å². The molecule has 4 aromatic rings. The number of thiophene rings is 1. The van der Waals surface area contributed by atoms with E-state index in [0.29, 0.717) is 17.9 Å². The van der Waals surface area contributed by atoms with Gasteiger partial charge in [0.25, 0.3) is 0 Å². The Labute approximate surface area is 186 Å². The second-order valence-electron chi connectivity index (χ2n) is 7.27. The standard InChI is InChI=1S/C25H25N3O2S/c1-3-30-25(29)22-17(2)21-23(26-15-14-18-10-6-4-7-11-18)27-20(28-24(21)31-22)16-19-12-8-5-9-13-19/h4-13H,3,14-16H2,1-2H3,(H,26,27,28). The first kappa shape index (κ1) is 21.0. The van der Waals surface area contributed by atoms with Gasteiger partial charge in [-0.05, 0) is 37.0 Å². The minimum absolute atomic E-state index is 0.303. The first-order chi connectivity index (χ1) is 15.2. The van der Waals surface area contributed by atoms with Gasteiger partial charge in [0.2, 0.25) is 0 Å². The summed E-state index contributed by atoms with van der Waals surface area (Å²) in [4.78, 5) is 23.5. The van der Waals surface area contributed by atoms with Gasteiger partial charge < -0.3 is 10.1 Å². The fourth-order valence-electron chi connectivity index (χ4n) is 3.53. The molecule has 0 unspecified atom stereocenters. The van der Waals surface area contributed by atoms with E-state index in [9.17, 15) is 4.79 Å².